The van der Waals surface area contributed by atoms with Crippen molar-refractivity contribution in [2.45, 2.75) is 19.7 Å². The van der Waals surface area contributed by atoms with Crippen molar-refractivity contribution < 1.29 is 0 Å². The van der Waals surface area contributed by atoms with Crippen molar-refractivity contribution in [3.05, 3.63) is 0 Å². The van der Waals surface area contributed by atoms with Crippen LogP contribution >= 0.6 is 0 Å². The lowest BCUT2D eigenvalue weighted by atomic mass is 9.79. The first kappa shape index (κ1) is 8.02. The number of nitrogens with one attached hydrogen (secondary N) is 1. The number of rotatable bonds is 3. The lowest BCUT2D eigenvalue weighted by Crippen LogP contribution is -2.18. The summed E-state index contributed by atoms with van der Waals surface area (Å²) in [6.45, 7) is 5.18. The van der Waals surface area contributed by atoms with E-state index in [1.807, 2.05) is 14.0 Å². The Labute approximate surface area is 53.3 Å². The van der Waals surface area contributed by atoms with Crippen molar-refractivity contribution in [3.63, 3.8) is 0 Å². The van der Waals surface area contributed by atoms with E-state index in [2.05, 4.69) is 12.2 Å². The minimum Gasteiger partial charge on any atom is -0.320 e. The van der Waals surface area contributed by atoms with E-state index < -0.39 is 0 Å². The second kappa shape index (κ2) is 3.96. The quantitative estimate of drug-likeness (QED) is 0.531. The summed E-state index contributed by atoms with van der Waals surface area (Å²) in [7, 11) is 7.53. The highest BCUT2D eigenvalue weighted by atomic mass is 14.8. The van der Waals surface area contributed by atoms with Gasteiger partial charge < -0.3 is 5.32 Å². The fourth-order valence-corrected chi connectivity index (χ4v) is 0.508. The van der Waals surface area contributed by atoms with Gasteiger partial charge in [-0.25, -0.2) is 0 Å². The molecule has 0 fully saturated rings. The molecule has 0 bridgehead atoms. The highest BCUT2D eigenvalue weighted by Crippen LogP contribution is 2.09. The van der Waals surface area contributed by atoms with Crippen molar-refractivity contribution in [2.24, 2.45) is 5.92 Å². The maximum Gasteiger partial charge on any atom is 0.0700 e. The molecule has 0 aliphatic carbocycles. The van der Waals surface area contributed by atoms with E-state index in [1.54, 1.807) is 0 Å². The number of hydrogen-bond donors (Lipinski definition) is 1. The van der Waals surface area contributed by atoms with Gasteiger partial charge in [0.25, 0.3) is 0 Å². The molecule has 2 radical (unpaired) electrons. The van der Waals surface area contributed by atoms with E-state index in [0.717, 1.165) is 6.54 Å². The molecular weight excluding hydrogens is 96.9 g/mol. The summed E-state index contributed by atoms with van der Waals surface area (Å²) >= 11 is 0. The molecule has 0 aliphatic rings. The zero-order chi connectivity index (χ0) is 6.57. The monoisotopic (exact) mass is 111 g/mol. The fraction of sp³-hybridized carbons (Fsp3) is 1.00. The zero-order valence-electron chi connectivity index (χ0n) is 5.94. The van der Waals surface area contributed by atoms with E-state index in [0.29, 0.717) is 11.7 Å². The Morgan fingerprint density at radius 2 is 2.00 bits per heavy atom. The summed E-state index contributed by atoms with van der Waals surface area (Å²) in [5.74, 6) is 0.891. The minimum atomic E-state index is 0.308. The van der Waals surface area contributed by atoms with Gasteiger partial charge in [-0.15, -0.1) is 0 Å². The molecule has 2 unspecified atom stereocenters. The second-order valence-corrected chi connectivity index (χ2v) is 2.39. The largest absolute Gasteiger partial charge is 0.320 e. The first-order chi connectivity index (χ1) is 3.68. The van der Waals surface area contributed by atoms with Gasteiger partial charge in [0, 0.05) is 0 Å². The highest BCUT2D eigenvalue weighted by Gasteiger charge is 2.02. The van der Waals surface area contributed by atoms with Gasteiger partial charge >= 0.3 is 0 Å². The lowest BCUT2D eigenvalue weighted by Gasteiger charge is -2.13. The Hall–Kier alpha value is 0.0249. The third-order valence-corrected chi connectivity index (χ3v) is 1.42. The Bertz CT molecular complexity index is 54.5. The molecule has 0 heterocycles. The molecule has 8 heavy (non-hydrogen) atoms. The van der Waals surface area contributed by atoms with E-state index in [4.69, 9.17) is 7.85 Å². The van der Waals surface area contributed by atoms with Crippen LogP contribution in [0.25, 0.3) is 0 Å². The van der Waals surface area contributed by atoms with E-state index in [9.17, 15) is 0 Å². The molecule has 46 valence electrons. The van der Waals surface area contributed by atoms with Crippen LogP contribution in [0.2, 0.25) is 5.82 Å². The Kier molecular flexibility index (Phi) is 3.97. The standard InChI is InChI=1S/C6H14BN/c1-5(4-8-3)6(2)7/h5-6,8H,4H2,1-3H3. The van der Waals surface area contributed by atoms with Crippen LogP contribution in [-0.2, 0) is 0 Å². The van der Waals surface area contributed by atoms with E-state index in [1.165, 1.54) is 0 Å². The molecule has 0 aliphatic heterocycles. The lowest BCUT2D eigenvalue weighted by molar-refractivity contribution is 0.528. The predicted molar refractivity (Wildman–Crippen MR) is 38.3 cm³/mol. The summed E-state index contributed by atoms with van der Waals surface area (Å²) in [5.41, 5.74) is 0. The molecule has 2 heteroatoms. The summed E-state index contributed by atoms with van der Waals surface area (Å²) in [4.78, 5) is 0. The first-order valence-corrected chi connectivity index (χ1v) is 3.08. The van der Waals surface area contributed by atoms with Crippen LogP contribution < -0.4 is 5.32 Å². The minimum absolute atomic E-state index is 0.308. The van der Waals surface area contributed by atoms with Crippen LogP contribution in [0.5, 0.6) is 0 Å². The predicted octanol–water partition coefficient (Wildman–Crippen LogP) is 0.819. The molecule has 1 N–H and O–H groups in total. The van der Waals surface area contributed by atoms with Gasteiger partial charge in [-0.1, -0.05) is 19.7 Å². The maximum atomic E-state index is 5.58. The molecule has 0 amide bonds. The zero-order valence-corrected chi connectivity index (χ0v) is 5.94. The SMILES string of the molecule is [B]C(C)C(C)CNC. The van der Waals surface area contributed by atoms with E-state index >= 15 is 0 Å². The fourth-order valence-electron chi connectivity index (χ4n) is 0.508. The van der Waals surface area contributed by atoms with Crippen LogP contribution in [0, 0.1) is 5.92 Å². The van der Waals surface area contributed by atoms with Gasteiger partial charge in [0.15, 0.2) is 0 Å². The summed E-state index contributed by atoms with van der Waals surface area (Å²) in [6, 6.07) is 0. The van der Waals surface area contributed by atoms with Gasteiger partial charge in [-0.2, -0.15) is 0 Å². The Morgan fingerprint density at radius 1 is 1.50 bits per heavy atom. The number of hydrogen-bond acceptors (Lipinski definition) is 1. The maximum absolute atomic E-state index is 5.58. The molecule has 0 aromatic carbocycles. The molecular formula is C6H14BN. The van der Waals surface area contributed by atoms with Crippen molar-refractivity contribution in [1.29, 1.82) is 0 Å². The van der Waals surface area contributed by atoms with E-state index in [-0.39, 0.29) is 0 Å². The average molecular weight is 111 g/mol. The van der Waals surface area contributed by atoms with Crippen LogP contribution in [0.3, 0.4) is 0 Å². The van der Waals surface area contributed by atoms with Crippen molar-refractivity contribution >= 4 is 7.85 Å². The molecule has 0 spiro atoms. The van der Waals surface area contributed by atoms with Crippen molar-refractivity contribution in [3.8, 4) is 0 Å². The molecule has 0 rings (SSSR count). The molecule has 0 saturated heterocycles. The van der Waals surface area contributed by atoms with Gasteiger partial charge in [-0.3, -0.25) is 0 Å². The van der Waals surface area contributed by atoms with Crippen molar-refractivity contribution in [1.82, 2.24) is 5.32 Å². The third kappa shape index (κ3) is 3.08. The Morgan fingerprint density at radius 3 is 2.12 bits per heavy atom. The Balaban J connectivity index is 3.17. The van der Waals surface area contributed by atoms with Crippen LogP contribution in [-0.4, -0.2) is 21.4 Å². The topological polar surface area (TPSA) is 12.0 Å². The van der Waals surface area contributed by atoms with Crippen LogP contribution in [0.1, 0.15) is 13.8 Å². The molecule has 0 aromatic heterocycles. The van der Waals surface area contributed by atoms with Gasteiger partial charge in [0.2, 0.25) is 0 Å². The van der Waals surface area contributed by atoms with Gasteiger partial charge in [-0.05, 0) is 19.5 Å². The van der Waals surface area contributed by atoms with Crippen LogP contribution in [0.4, 0.5) is 0 Å². The summed E-state index contributed by atoms with van der Waals surface area (Å²) in [5, 5.41) is 3.07. The van der Waals surface area contributed by atoms with Crippen molar-refractivity contribution in [2.75, 3.05) is 13.6 Å². The molecule has 2 atom stereocenters. The van der Waals surface area contributed by atoms with Crippen LogP contribution in [0.15, 0.2) is 0 Å². The molecule has 0 aromatic rings. The molecule has 0 saturated carbocycles. The summed E-state index contributed by atoms with van der Waals surface area (Å²) < 4.78 is 0. The highest BCUT2D eigenvalue weighted by molar-refractivity contribution is 6.11. The van der Waals surface area contributed by atoms with Gasteiger partial charge in [0.05, 0.1) is 7.85 Å². The van der Waals surface area contributed by atoms with Gasteiger partial charge in [0.1, 0.15) is 0 Å². The first-order valence-electron chi connectivity index (χ1n) is 3.08. The summed E-state index contributed by atoms with van der Waals surface area (Å²) in [6.07, 6.45) is 0. The normalized spacial score (nSPS) is 17.9. The third-order valence-electron chi connectivity index (χ3n) is 1.42. The second-order valence-electron chi connectivity index (χ2n) is 2.39. The smallest absolute Gasteiger partial charge is 0.0700 e. The average Bonchev–Trinajstić information content (AvgIpc) is 1.67. The molecule has 1 nitrogen and oxygen atoms in total.